The zero-order valence-electron chi connectivity index (χ0n) is 4.53. The molecule has 0 unspecified atom stereocenters. The van der Waals surface area contributed by atoms with Crippen LogP contribution < -0.4 is 0 Å². The Kier molecular flexibility index (Phi) is 3.68. The third-order valence-corrected chi connectivity index (χ3v) is 0.359. The van der Waals surface area contributed by atoms with Crippen molar-refractivity contribution in [2.75, 3.05) is 0 Å². The van der Waals surface area contributed by atoms with Crippen molar-refractivity contribution in [2.24, 2.45) is 0 Å². The summed E-state index contributed by atoms with van der Waals surface area (Å²) in [6, 6.07) is 0. The van der Waals surface area contributed by atoms with Gasteiger partial charge >= 0.3 is 12.2 Å². The highest BCUT2D eigenvalue weighted by molar-refractivity contribution is 5.65. The molecule has 8 heteroatoms. The van der Waals surface area contributed by atoms with Gasteiger partial charge in [-0.25, -0.2) is 20.6 Å². The molecule has 10 heavy (non-hydrogen) atoms. The van der Waals surface area contributed by atoms with Gasteiger partial charge in [-0.3, -0.25) is 9.78 Å². The first kappa shape index (κ1) is 8.46. The molecule has 0 atom stereocenters. The summed E-state index contributed by atoms with van der Waals surface area (Å²) in [6.07, 6.45) is -2.19. The lowest BCUT2D eigenvalue weighted by atomic mass is 11.3. The van der Waals surface area contributed by atoms with E-state index in [0.717, 1.165) is 0 Å². The molecule has 4 N–H and O–H groups in total. The Labute approximate surface area is 54.3 Å². The number of rotatable bonds is 0. The Morgan fingerprint density at radius 2 is 1.20 bits per heavy atom. The molecule has 0 spiro atoms. The second-order valence-corrected chi connectivity index (χ2v) is 0.924. The maximum atomic E-state index is 7.62. The first-order valence-corrected chi connectivity index (χ1v) is 1.85. The summed E-state index contributed by atoms with van der Waals surface area (Å²) >= 11 is 0. The molecule has 0 fully saturated rings. The summed E-state index contributed by atoms with van der Waals surface area (Å²) in [4.78, 5) is 13.6. The molecule has 0 aliphatic heterocycles. The van der Waals surface area contributed by atoms with E-state index < -0.39 is 12.2 Å². The Balaban J connectivity index is 3.35. The van der Waals surface area contributed by atoms with Gasteiger partial charge < -0.3 is 0 Å². The van der Waals surface area contributed by atoms with Crippen LogP contribution in [0.3, 0.4) is 0 Å². The lowest BCUT2D eigenvalue weighted by Crippen LogP contribution is -2.12. The molecule has 0 aromatic rings. The lowest BCUT2D eigenvalue weighted by molar-refractivity contribution is -0.272. The van der Waals surface area contributed by atoms with Gasteiger partial charge in [0.25, 0.3) is 0 Å². The van der Waals surface area contributed by atoms with Gasteiger partial charge in [0.2, 0.25) is 0 Å². The molecular weight excluding hydrogens is 148 g/mol. The lowest BCUT2D eigenvalue weighted by Gasteiger charge is -1.99. The Morgan fingerprint density at radius 3 is 1.40 bits per heavy atom. The molecule has 0 rings (SSSR count). The minimum absolute atomic E-state index is 1.10. The van der Waals surface area contributed by atoms with E-state index in [0.29, 0.717) is 0 Å². The highest BCUT2D eigenvalue weighted by Gasteiger charge is 2.03. The van der Waals surface area contributed by atoms with Crippen LogP contribution in [0.4, 0.5) is 0 Å². The van der Waals surface area contributed by atoms with E-state index in [-0.39, 0.29) is 0 Å². The van der Waals surface area contributed by atoms with Crippen molar-refractivity contribution in [3.8, 4) is 0 Å². The summed E-state index contributed by atoms with van der Waals surface area (Å²) in [7, 11) is 0. The van der Waals surface area contributed by atoms with Gasteiger partial charge in [0.05, 0.1) is 0 Å². The predicted octanol–water partition coefficient (Wildman–Crippen LogP) is -0.217. The van der Waals surface area contributed by atoms with Crippen molar-refractivity contribution in [2.45, 2.75) is 0 Å². The van der Waals surface area contributed by atoms with Gasteiger partial charge in [-0.2, -0.15) is 10.5 Å². The van der Waals surface area contributed by atoms with Crippen molar-refractivity contribution in [1.29, 1.82) is 10.8 Å². The summed E-state index contributed by atoms with van der Waals surface area (Å²) < 4.78 is 0. The summed E-state index contributed by atoms with van der Waals surface area (Å²) in [5, 5.41) is 27.9. The third-order valence-electron chi connectivity index (χ3n) is 0.359. The minimum Gasteiger partial charge on any atom is -0.277 e. The van der Waals surface area contributed by atoms with E-state index in [1.54, 1.807) is 0 Å². The van der Waals surface area contributed by atoms with E-state index >= 15 is 0 Å². The van der Waals surface area contributed by atoms with Gasteiger partial charge in [0.15, 0.2) is 0 Å². The van der Waals surface area contributed by atoms with E-state index in [9.17, 15) is 0 Å². The van der Waals surface area contributed by atoms with E-state index in [2.05, 4.69) is 19.6 Å². The van der Waals surface area contributed by atoms with Crippen LogP contribution in [0, 0.1) is 10.8 Å². The molecule has 8 nitrogen and oxygen atoms in total. The molecule has 0 aromatic heterocycles. The smallest absolute Gasteiger partial charge is 0.277 e. The van der Waals surface area contributed by atoms with Crippen molar-refractivity contribution in [3.63, 3.8) is 0 Å². The van der Waals surface area contributed by atoms with E-state index in [1.807, 2.05) is 0 Å². The number of nitrogens with one attached hydrogen (secondary N) is 2. The van der Waals surface area contributed by atoms with Crippen LogP contribution in [0.1, 0.15) is 0 Å². The molecule has 58 valence electrons. The molecule has 0 aliphatic rings. The largest absolute Gasteiger partial charge is 0.457 e. The molecular formula is C2H4N2O6. The molecule has 0 aromatic carbocycles. The number of hydrogen-bond donors (Lipinski definition) is 4. The topological polar surface area (TPSA) is 125 Å². The van der Waals surface area contributed by atoms with Crippen molar-refractivity contribution in [3.05, 3.63) is 0 Å². The SMILES string of the molecule is N=C(OO)OOC(=N)OO. The van der Waals surface area contributed by atoms with Crippen LogP contribution >= 0.6 is 0 Å². The summed E-state index contributed by atoms with van der Waals surface area (Å²) in [5.41, 5.74) is 0. The van der Waals surface area contributed by atoms with Gasteiger partial charge in [0, 0.05) is 0 Å². The fourth-order valence-corrected chi connectivity index (χ4v) is 0.106. The zero-order valence-corrected chi connectivity index (χ0v) is 4.53. The highest BCUT2D eigenvalue weighted by atomic mass is 17.3. The average Bonchev–Trinajstić information content (AvgIpc) is 1.99. The molecule has 0 saturated carbocycles. The third kappa shape index (κ3) is 3.46. The van der Waals surface area contributed by atoms with Crippen molar-refractivity contribution < 1.29 is 30.1 Å². The second kappa shape index (κ2) is 4.35. The van der Waals surface area contributed by atoms with Gasteiger partial charge in [-0.15, -0.1) is 0 Å². The minimum atomic E-state index is -1.10. The fourth-order valence-electron chi connectivity index (χ4n) is 0.106. The average molecular weight is 152 g/mol. The highest BCUT2D eigenvalue weighted by Crippen LogP contribution is 1.83. The fraction of sp³-hybridized carbons (Fsp3) is 0. The second-order valence-electron chi connectivity index (χ2n) is 0.924. The molecule has 0 saturated heterocycles. The first-order chi connectivity index (χ1) is 4.70. The van der Waals surface area contributed by atoms with Crippen LogP contribution in [0.15, 0.2) is 0 Å². The van der Waals surface area contributed by atoms with Crippen LogP contribution in [0.25, 0.3) is 0 Å². The number of hydrogen-bond acceptors (Lipinski definition) is 8. The van der Waals surface area contributed by atoms with E-state index in [1.165, 1.54) is 0 Å². The normalized spacial score (nSPS) is 7.80. The van der Waals surface area contributed by atoms with Gasteiger partial charge in [-0.05, 0) is 0 Å². The van der Waals surface area contributed by atoms with Crippen molar-refractivity contribution >= 4 is 12.2 Å². The quantitative estimate of drug-likeness (QED) is 0.164. The maximum absolute atomic E-state index is 7.62. The van der Waals surface area contributed by atoms with Crippen LogP contribution in [0.5, 0.6) is 0 Å². The zero-order chi connectivity index (χ0) is 7.98. The summed E-state index contributed by atoms with van der Waals surface area (Å²) in [6.45, 7) is 0. The maximum Gasteiger partial charge on any atom is 0.457 e. The van der Waals surface area contributed by atoms with Crippen molar-refractivity contribution in [1.82, 2.24) is 0 Å². The van der Waals surface area contributed by atoms with Gasteiger partial charge in [0.1, 0.15) is 0 Å². The summed E-state index contributed by atoms with van der Waals surface area (Å²) in [5.74, 6) is 0. The van der Waals surface area contributed by atoms with Gasteiger partial charge in [-0.1, -0.05) is 0 Å². The van der Waals surface area contributed by atoms with Crippen LogP contribution in [-0.2, 0) is 19.6 Å². The van der Waals surface area contributed by atoms with Crippen LogP contribution in [0.2, 0.25) is 0 Å². The molecule has 0 heterocycles. The molecule has 0 bridgehead atoms. The molecule has 0 radical (unpaired) electrons. The standard InChI is InChI=1S/C2H4N2O6/c3-1(7-5)9-10-2(4)8-6/h3-6H. The first-order valence-electron chi connectivity index (χ1n) is 1.85. The Morgan fingerprint density at radius 1 is 0.900 bits per heavy atom. The Hall–Kier alpha value is -1.54. The molecule has 0 aliphatic carbocycles. The Bertz CT molecular complexity index is 118. The molecule has 0 amide bonds. The predicted molar refractivity (Wildman–Crippen MR) is 25.1 cm³/mol. The monoisotopic (exact) mass is 152 g/mol. The van der Waals surface area contributed by atoms with E-state index in [4.69, 9.17) is 21.3 Å². The van der Waals surface area contributed by atoms with Crippen LogP contribution in [-0.4, -0.2) is 22.7 Å².